The second-order valence-corrected chi connectivity index (χ2v) is 6.01. The van der Waals surface area contributed by atoms with Gasteiger partial charge in [-0.2, -0.15) is 0 Å². The fourth-order valence-electron chi connectivity index (χ4n) is 2.31. The summed E-state index contributed by atoms with van der Waals surface area (Å²) in [6, 6.07) is 3.50. The number of fused-ring (bicyclic) bond motifs is 1. The highest BCUT2D eigenvalue weighted by molar-refractivity contribution is 9.10. The number of hydrogen-bond donors (Lipinski definition) is 2. The van der Waals surface area contributed by atoms with Crippen molar-refractivity contribution in [1.82, 2.24) is 5.32 Å². The minimum absolute atomic E-state index is 0.0404. The molecular weight excluding hydrogens is 310 g/mol. The van der Waals surface area contributed by atoms with Crippen LogP contribution in [0.2, 0.25) is 0 Å². The van der Waals surface area contributed by atoms with E-state index >= 15 is 0 Å². The van der Waals surface area contributed by atoms with E-state index in [1.807, 2.05) is 19.9 Å². The van der Waals surface area contributed by atoms with Crippen LogP contribution in [0.4, 0.5) is 0 Å². The van der Waals surface area contributed by atoms with Crippen molar-refractivity contribution < 1.29 is 14.6 Å². The third-order valence-corrected chi connectivity index (χ3v) is 3.73. The molecular formula is C14H18BrNO3. The summed E-state index contributed by atoms with van der Waals surface area (Å²) in [4.78, 5) is 11.2. The third kappa shape index (κ3) is 3.28. The Morgan fingerprint density at radius 2 is 2.26 bits per heavy atom. The van der Waals surface area contributed by atoms with Crippen LogP contribution in [0.3, 0.4) is 0 Å². The molecule has 1 aromatic carbocycles. The van der Waals surface area contributed by atoms with Gasteiger partial charge in [0.1, 0.15) is 11.8 Å². The van der Waals surface area contributed by atoms with Crippen molar-refractivity contribution in [1.29, 1.82) is 0 Å². The standard InChI is InChI=1S/C14H18BrNO3/c1-8(2)12(14(17)18)16-7-10-6-11(15)5-9-3-4-19-13(9)10/h5-6,8,12,16H,3-4,7H2,1-2H3,(H,17,18). The molecule has 1 unspecified atom stereocenters. The third-order valence-electron chi connectivity index (χ3n) is 3.27. The van der Waals surface area contributed by atoms with Crippen LogP contribution in [0.15, 0.2) is 16.6 Å². The number of hydrogen-bond acceptors (Lipinski definition) is 3. The molecule has 0 amide bonds. The molecule has 0 fully saturated rings. The molecule has 1 aromatic rings. The molecule has 1 aliphatic rings. The summed E-state index contributed by atoms with van der Waals surface area (Å²) in [5, 5.41) is 12.3. The van der Waals surface area contributed by atoms with Crippen LogP contribution in [-0.2, 0) is 17.8 Å². The number of carbonyl (C=O) groups is 1. The average Bonchev–Trinajstić information content (AvgIpc) is 2.75. The molecule has 1 aliphatic heterocycles. The highest BCUT2D eigenvalue weighted by Crippen LogP contribution is 2.33. The Morgan fingerprint density at radius 3 is 2.89 bits per heavy atom. The molecule has 2 rings (SSSR count). The van der Waals surface area contributed by atoms with Crippen LogP contribution in [-0.4, -0.2) is 23.7 Å². The molecule has 2 N–H and O–H groups in total. The second-order valence-electron chi connectivity index (χ2n) is 5.09. The maximum absolute atomic E-state index is 11.2. The van der Waals surface area contributed by atoms with Gasteiger partial charge in [0.15, 0.2) is 0 Å². The Bertz CT molecular complexity index is 488. The van der Waals surface area contributed by atoms with Gasteiger partial charge in [-0.15, -0.1) is 0 Å². The molecule has 19 heavy (non-hydrogen) atoms. The molecule has 1 atom stereocenters. The summed E-state index contributed by atoms with van der Waals surface area (Å²) in [5.74, 6) is 0.129. The van der Waals surface area contributed by atoms with Gasteiger partial charge in [0.2, 0.25) is 0 Å². The number of halogens is 1. The summed E-state index contributed by atoms with van der Waals surface area (Å²) < 4.78 is 6.63. The molecule has 0 saturated carbocycles. The van der Waals surface area contributed by atoms with Crippen LogP contribution < -0.4 is 10.1 Å². The molecule has 0 aromatic heterocycles. The van der Waals surface area contributed by atoms with Crippen molar-refractivity contribution in [2.24, 2.45) is 5.92 Å². The lowest BCUT2D eigenvalue weighted by atomic mass is 10.0. The Balaban J connectivity index is 2.14. The topological polar surface area (TPSA) is 58.6 Å². The van der Waals surface area contributed by atoms with Crippen molar-refractivity contribution in [2.75, 3.05) is 6.61 Å². The lowest BCUT2D eigenvalue weighted by Gasteiger charge is -2.19. The zero-order valence-corrected chi connectivity index (χ0v) is 12.7. The van der Waals surface area contributed by atoms with Gasteiger partial charge in [-0.05, 0) is 23.6 Å². The van der Waals surface area contributed by atoms with Crippen LogP contribution in [0.25, 0.3) is 0 Å². The number of ether oxygens (including phenoxy) is 1. The van der Waals surface area contributed by atoms with Crippen molar-refractivity contribution in [3.05, 3.63) is 27.7 Å². The molecule has 0 radical (unpaired) electrons. The van der Waals surface area contributed by atoms with Crippen LogP contribution in [0.1, 0.15) is 25.0 Å². The lowest BCUT2D eigenvalue weighted by Crippen LogP contribution is -2.40. The van der Waals surface area contributed by atoms with Crippen molar-refractivity contribution in [3.63, 3.8) is 0 Å². The number of nitrogens with one attached hydrogen (secondary N) is 1. The zero-order valence-electron chi connectivity index (χ0n) is 11.1. The second kappa shape index (κ2) is 5.92. The first-order chi connectivity index (χ1) is 8.99. The molecule has 0 aliphatic carbocycles. The summed E-state index contributed by atoms with van der Waals surface area (Å²) in [7, 11) is 0. The van der Waals surface area contributed by atoms with Crippen LogP contribution in [0.5, 0.6) is 5.75 Å². The van der Waals surface area contributed by atoms with Gasteiger partial charge < -0.3 is 9.84 Å². The fraction of sp³-hybridized carbons (Fsp3) is 0.500. The summed E-state index contributed by atoms with van der Waals surface area (Å²) in [6.45, 7) is 4.99. The van der Waals surface area contributed by atoms with Crippen molar-refractivity contribution in [3.8, 4) is 5.75 Å². The van der Waals surface area contributed by atoms with Gasteiger partial charge in [-0.25, -0.2) is 0 Å². The number of carboxylic acids is 1. The molecule has 0 bridgehead atoms. The molecule has 0 spiro atoms. The van der Waals surface area contributed by atoms with E-state index in [0.29, 0.717) is 13.2 Å². The maximum Gasteiger partial charge on any atom is 0.320 e. The van der Waals surface area contributed by atoms with E-state index in [2.05, 4.69) is 27.3 Å². The number of benzene rings is 1. The number of rotatable bonds is 5. The fourth-order valence-corrected chi connectivity index (χ4v) is 2.86. The van der Waals surface area contributed by atoms with E-state index in [0.717, 1.165) is 22.2 Å². The highest BCUT2D eigenvalue weighted by atomic mass is 79.9. The van der Waals surface area contributed by atoms with Gasteiger partial charge in [0.25, 0.3) is 0 Å². The predicted octanol–water partition coefficient (Wildman–Crippen LogP) is 2.58. The molecule has 5 heteroatoms. The van der Waals surface area contributed by atoms with Gasteiger partial charge in [-0.1, -0.05) is 29.8 Å². The molecule has 4 nitrogen and oxygen atoms in total. The van der Waals surface area contributed by atoms with Gasteiger partial charge in [-0.3, -0.25) is 10.1 Å². The van der Waals surface area contributed by atoms with Gasteiger partial charge in [0.05, 0.1) is 6.61 Å². The largest absolute Gasteiger partial charge is 0.493 e. The first-order valence-corrected chi connectivity index (χ1v) is 7.18. The van der Waals surface area contributed by atoms with Crippen molar-refractivity contribution >= 4 is 21.9 Å². The van der Waals surface area contributed by atoms with E-state index in [4.69, 9.17) is 9.84 Å². The van der Waals surface area contributed by atoms with Crippen molar-refractivity contribution in [2.45, 2.75) is 32.9 Å². The minimum Gasteiger partial charge on any atom is -0.493 e. The SMILES string of the molecule is CC(C)C(NCc1cc(Br)cc2c1OCC2)C(=O)O. The van der Waals surface area contributed by atoms with Gasteiger partial charge >= 0.3 is 5.97 Å². The lowest BCUT2D eigenvalue weighted by molar-refractivity contribution is -0.140. The number of carboxylic acid groups (broad SMARTS) is 1. The molecule has 0 saturated heterocycles. The first kappa shape index (κ1) is 14.3. The number of aliphatic carboxylic acids is 1. The average molecular weight is 328 g/mol. The zero-order chi connectivity index (χ0) is 14.0. The minimum atomic E-state index is -0.817. The van der Waals surface area contributed by atoms with Crippen LogP contribution in [0, 0.1) is 5.92 Å². The Kier molecular flexibility index (Phi) is 4.47. The normalized spacial score (nSPS) is 15.2. The van der Waals surface area contributed by atoms with E-state index < -0.39 is 12.0 Å². The Hall–Kier alpha value is -1.07. The Morgan fingerprint density at radius 1 is 1.53 bits per heavy atom. The highest BCUT2D eigenvalue weighted by Gasteiger charge is 2.23. The predicted molar refractivity (Wildman–Crippen MR) is 76.4 cm³/mol. The van der Waals surface area contributed by atoms with Crippen LogP contribution >= 0.6 is 15.9 Å². The van der Waals surface area contributed by atoms with E-state index in [1.54, 1.807) is 0 Å². The maximum atomic E-state index is 11.2. The smallest absolute Gasteiger partial charge is 0.320 e. The Labute approximate surface area is 121 Å². The monoisotopic (exact) mass is 327 g/mol. The van der Waals surface area contributed by atoms with E-state index in [-0.39, 0.29) is 5.92 Å². The summed E-state index contributed by atoms with van der Waals surface area (Å²) in [6.07, 6.45) is 0.911. The quantitative estimate of drug-likeness (QED) is 0.872. The summed E-state index contributed by atoms with van der Waals surface area (Å²) >= 11 is 3.48. The molecule has 104 valence electrons. The summed E-state index contributed by atoms with van der Waals surface area (Å²) in [5.41, 5.74) is 2.19. The first-order valence-electron chi connectivity index (χ1n) is 6.39. The van der Waals surface area contributed by atoms with E-state index in [9.17, 15) is 4.79 Å². The van der Waals surface area contributed by atoms with Gasteiger partial charge in [0, 0.05) is 23.0 Å². The van der Waals surface area contributed by atoms with E-state index in [1.165, 1.54) is 5.56 Å². The molecule has 1 heterocycles.